The molecule has 4 aromatic rings. The normalized spacial score (nSPS) is 19.2. The Balaban J connectivity index is 1.58. The standard InChI is InChI=1S/C30H28N2O7S/c1-35-20-11-9-19(10-12-20)30(34)27(26(29(33)39-30)17-8-13-22-23(14-17)32-40-31-22)18-15-24(36-2)28(25(16-18)37-3)38-21-6-4-5-7-21/h8-16,21,34H,4-7H2,1-3H3. The van der Waals surface area contributed by atoms with E-state index in [1.54, 1.807) is 75.9 Å². The van der Waals surface area contributed by atoms with Gasteiger partial charge in [-0.05, 0) is 85.3 Å². The van der Waals surface area contributed by atoms with E-state index in [1.807, 2.05) is 0 Å². The molecule has 0 bridgehead atoms. The van der Waals surface area contributed by atoms with E-state index < -0.39 is 11.8 Å². The maximum absolute atomic E-state index is 13.6. The Morgan fingerprint density at radius 3 is 2.20 bits per heavy atom. The van der Waals surface area contributed by atoms with Gasteiger partial charge < -0.3 is 28.8 Å². The van der Waals surface area contributed by atoms with E-state index in [0.29, 0.717) is 50.7 Å². The average molecular weight is 561 g/mol. The summed E-state index contributed by atoms with van der Waals surface area (Å²) in [6.07, 6.45) is 4.19. The number of methoxy groups -OCH3 is 3. The Labute approximate surface area is 235 Å². The van der Waals surface area contributed by atoms with E-state index in [2.05, 4.69) is 8.75 Å². The molecule has 1 aromatic heterocycles. The average Bonchev–Trinajstić information content (AvgIpc) is 3.72. The Kier molecular flexibility index (Phi) is 6.81. The summed E-state index contributed by atoms with van der Waals surface area (Å²) in [5, 5.41) is 12.2. The predicted octanol–water partition coefficient (Wildman–Crippen LogP) is 5.35. The van der Waals surface area contributed by atoms with Crippen molar-refractivity contribution in [2.45, 2.75) is 37.6 Å². The fourth-order valence-electron chi connectivity index (χ4n) is 5.38. The first-order valence-corrected chi connectivity index (χ1v) is 13.7. The molecule has 40 heavy (non-hydrogen) atoms. The molecule has 10 heteroatoms. The van der Waals surface area contributed by atoms with Gasteiger partial charge in [-0.15, -0.1) is 0 Å². The minimum Gasteiger partial charge on any atom is -0.497 e. The number of hydrogen-bond acceptors (Lipinski definition) is 10. The van der Waals surface area contributed by atoms with E-state index in [1.165, 1.54) is 0 Å². The van der Waals surface area contributed by atoms with Gasteiger partial charge in [0.1, 0.15) is 16.8 Å². The Morgan fingerprint density at radius 1 is 0.875 bits per heavy atom. The van der Waals surface area contributed by atoms with Gasteiger partial charge in [-0.25, -0.2) is 4.79 Å². The van der Waals surface area contributed by atoms with Gasteiger partial charge in [-0.1, -0.05) is 6.07 Å². The van der Waals surface area contributed by atoms with Crippen LogP contribution in [0, 0.1) is 0 Å². The number of hydrogen-bond donors (Lipinski definition) is 1. The monoisotopic (exact) mass is 560 g/mol. The lowest BCUT2D eigenvalue weighted by Crippen LogP contribution is -2.28. The number of benzene rings is 3. The maximum Gasteiger partial charge on any atom is 0.342 e. The van der Waals surface area contributed by atoms with Crippen molar-refractivity contribution in [2.75, 3.05) is 21.3 Å². The first kappa shape index (κ1) is 26.1. The van der Waals surface area contributed by atoms with Crippen molar-refractivity contribution in [3.63, 3.8) is 0 Å². The topological polar surface area (TPSA) is 109 Å². The molecule has 1 fully saturated rings. The summed E-state index contributed by atoms with van der Waals surface area (Å²) in [5.41, 5.74) is 3.15. The second-order valence-electron chi connectivity index (χ2n) is 9.71. The van der Waals surface area contributed by atoms with Crippen molar-refractivity contribution in [3.05, 3.63) is 71.3 Å². The van der Waals surface area contributed by atoms with Gasteiger partial charge in [0, 0.05) is 5.56 Å². The number of esters is 1. The van der Waals surface area contributed by atoms with E-state index >= 15 is 0 Å². The first-order chi connectivity index (χ1) is 19.4. The second-order valence-corrected chi connectivity index (χ2v) is 10.2. The number of fused-ring (bicyclic) bond motifs is 1. The molecule has 1 atom stereocenters. The molecule has 0 amide bonds. The minimum atomic E-state index is -2.11. The number of ether oxygens (including phenoxy) is 5. The van der Waals surface area contributed by atoms with Crippen LogP contribution in [-0.2, 0) is 15.3 Å². The lowest BCUT2D eigenvalue weighted by Gasteiger charge is -2.27. The third kappa shape index (κ3) is 4.43. The second kappa shape index (κ2) is 10.4. The molecule has 0 saturated heterocycles. The Morgan fingerprint density at radius 2 is 1.55 bits per heavy atom. The number of carbonyl (C=O) groups is 1. The van der Waals surface area contributed by atoms with Crippen LogP contribution in [0.1, 0.15) is 42.4 Å². The highest BCUT2D eigenvalue weighted by molar-refractivity contribution is 7.00. The summed E-state index contributed by atoms with van der Waals surface area (Å²) >= 11 is 1.09. The van der Waals surface area contributed by atoms with Crippen molar-refractivity contribution in [1.82, 2.24) is 8.75 Å². The van der Waals surface area contributed by atoms with Crippen molar-refractivity contribution in [2.24, 2.45) is 0 Å². The summed E-state index contributed by atoms with van der Waals surface area (Å²) in [4.78, 5) is 13.6. The van der Waals surface area contributed by atoms with Crippen LogP contribution in [-0.4, -0.2) is 47.3 Å². The van der Waals surface area contributed by atoms with Crippen LogP contribution in [0.5, 0.6) is 23.0 Å². The Bertz CT molecular complexity index is 1580. The third-order valence-electron chi connectivity index (χ3n) is 7.39. The number of carbonyl (C=O) groups excluding carboxylic acids is 1. The molecular formula is C30H28N2O7S. The molecule has 9 nitrogen and oxygen atoms in total. The lowest BCUT2D eigenvalue weighted by molar-refractivity contribution is -0.178. The molecule has 6 rings (SSSR count). The summed E-state index contributed by atoms with van der Waals surface area (Å²) in [6, 6.07) is 15.5. The molecule has 1 saturated carbocycles. The van der Waals surface area contributed by atoms with E-state index in [0.717, 1.165) is 37.4 Å². The van der Waals surface area contributed by atoms with E-state index in [4.69, 9.17) is 23.7 Å². The van der Waals surface area contributed by atoms with Gasteiger partial charge in [-0.3, -0.25) is 0 Å². The largest absolute Gasteiger partial charge is 0.497 e. The van der Waals surface area contributed by atoms with E-state index in [9.17, 15) is 9.90 Å². The number of rotatable bonds is 8. The highest BCUT2D eigenvalue weighted by Crippen LogP contribution is 2.52. The summed E-state index contributed by atoms with van der Waals surface area (Å²) in [5.74, 6) is -0.873. The number of nitrogens with zero attached hydrogens (tertiary/aromatic N) is 2. The summed E-state index contributed by atoms with van der Waals surface area (Å²) < 4.78 is 37.5. The maximum atomic E-state index is 13.6. The summed E-state index contributed by atoms with van der Waals surface area (Å²) in [6.45, 7) is 0. The number of cyclic esters (lactones) is 1. The molecule has 2 heterocycles. The van der Waals surface area contributed by atoms with Crippen LogP contribution in [0.25, 0.3) is 22.2 Å². The van der Waals surface area contributed by atoms with Crippen molar-refractivity contribution >= 4 is 39.9 Å². The van der Waals surface area contributed by atoms with Crippen LogP contribution in [0.15, 0.2) is 54.6 Å². The zero-order chi connectivity index (χ0) is 27.9. The predicted molar refractivity (Wildman–Crippen MR) is 150 cm³/mol. The highest BCUT2D eigenvalue weighted by atomic mass is 32.1. The zero-order valence-corrected chi connectivity index (χ0v) is 23.1. The minimum absolute atomic E-state index is 0.0643. The Hall–Kier alpha value is -4.15. The van der Waals surface area contributed by atoms with Crippen molar-refractivity contribution in [1.29, 1.82) is 0 Å². The number of aromatic nitrogens is 2. The van der Waals surface area contributed by atoms with Crippen LogP contribution < -0.4 is 18.9 Å². The quantitative estimate of drug-likeness (QED) is 0.285. The molecule has 1 unspecified atom stereocenters. The molecular weight excluding hydrogens is 532 g/mol. The van der Waals surface area contributed by atoms with Crippen LogP contribution in [0.2, 0.25) is 0 Å². The molecule has 0 radical (unpaired) electrons. The molecule has 206 valence electrons. The molecule has 1 aliphatic carbocycles. The van der Waals surface area contributed by atoms with Gasteiger partial charge in [0.05, 0.1) is 50.3 Å². The molecule has 0 spiro atoms. The fraction of sp³-hybridized carbons (Fsp3) is 0.300. The lowest BCUT2D eigenvalue weighted by atomic mass is 9.87. The van der Waals surface area contributed by atoms with Crippen LogP contribution in [0.4, 0.5) is 0 Å². The molecule has 1 aliphatic heterocycles. The summed E-state index contributed by atoms with van der Waals surface area (Å²) in [7, 11) is 4.65. The number of aliphatic hydroxyl groups is 1. The SMILES string of the molecule is COc1ccc(C2(O)OC(=O)C(c3ccc4nsnc4c3)=C2c2cc(OC)c(OC3CCCC3)c(OC)c2)cc1. The van der Waals surface area contributed by atoms with Gasteiger partial charge in [0.2, 0.25) is 5.75 Å². The van der Waals surface area contributed by atoms with Crippen molar-refractivity contribution in [3.8, 4) is 23.0 Å². The van der Waals surface area contributed by atoms with Crippen LogP contribution >= 0.6 is 11.7 Å². The van der Waals surface area contributed by atoms with Gasteiger partial charge >= 0.3 is 5.97 Å². The molecule has 1 N–H and O–H groups in total. The highest BCUT2D eigenvalue weighted by Gasteiger charge is 2.49. The smallest absolute Gasteiger partial charge is 0.342 e. The molecule has 2 aliphatic rings. The third-order valence-corrected chi connectivity index (χ3v) is 7.95. The van der Waals surface area contributed by atoms with Gasteiger partial charge in [0.25, 0.3) is 5.79 Å². The van der Waals surface area contributed by atoms with Gasteiger partial charge in [-0.2, -0.15) is 8.75 Å². The van der Waals surface area contributed by atoms with Crippen LogP contribution in [0.3, 0.4) is 0 Å². The van der Waals surface area contributed by atoms with E-state index in [-0.39, 0.29) is 17.3 Å². The fourth-order valence-corrected chi connectivity index (χ4v) is 5.90. The first-order valence-electron chi connectivity index (χ1n) is 13.0. The molecule has 3 aromatic carbocycles. The zero-order valence-electron chi connectivity index (χ0n) is 22.3. The van der Waals surface area contributed by atoms with Gasteiger partial charge in [0.15, 0.2) is 11.5 Å². The van der Waals surface area contributed by atoms with Crippen molar-refractivity contribution < 1.29 is 33.6 Å².